The van der Waals surface area contributed by atoms with Crippen LogP contribution in [-0.2, 0) is 0 Å². The molecule has 1 atom stereocenters. The Kier molecular flexibility index (Phi) is 5.22. The van der Waals surface area contributed by atoms with Crippen molar-refractivity contribution in [1.82, 2.24) is 9.80 Å². The van der Waals surface area contributed by atoms with Crippen molar-refractivity contribution in [2.75, 3.05) is 39.8 Å². The van der Waals surface area contributed by atoms with Gasteiger partial charge >= 0.3 is 0 Å². The summed E-state index contributed by atoms with van der Waals surface area (Å²) in [6.45, 7) is 12.5. The van der Waals surface area contributed by atoms with Crippen LogP contribution < -0.4 is 5.73 Å². The summed E-state index contributed by atoms with van der Waals surface area (Å²) in [5.41, 5.74) is 6.07. The van der Waals surface area contributed by atoms with Gasteiger partial charge in [-0.2, -0.15) is 0 Å². The SMILES string of the molecule is CCC(CN)CCN1CCN(C)C(C)(C)C1. The van der Waals surface area contributed by atoms with Crippen molar-refractivity contribution < 1.29 is 0 Å². The van der Waals surface area contributed by atoms with Gasteiger partial charge in [0, 0.05) is 25.2 Å². The average molecular weight is 227 g/mol. The van der Waals surface area contributed by atoms with Gasteiger partial charge in [0.1, 0.15) is 0 Å². The highest BCUT2D eigenvalue weighted by Gasteiger charge is 2.30. The number of piperazine rings is 1. The third-order valence-corrected chi connectivity index (χ3v) is 4.16. The molecule has 1 saturated heterocycles. The second-order valence-electron chi connectivity index (χ2n) is 5.81. The molecular weight excluding hydrogens is 198 g/mol. The zero-order valence-corrected chi connectivity index (χ0v) is 11.5. The molecule has 1 aliphatic rings. The topological polar surface area (TPSA) is 32.5 Å². The Hall–Kier alpha value is -0.120. The van der Waals surface area contributed by atoms with Crippen LogP contribution in [0.3, 0.4) is 0 Å². The van der Waals surface area contributed by atoms with E-state index in [1.54, 1.807) is 0 Å². The summed E-state index contributed by atoms with van der Waals surface area (Å²) in [7, 11) is 2.23. The molecule has 2 N–H and O–H groups in total. The number of nitrogens with two attached hydrogens (primary N) is 1. The van der Waals surface area contributed by atoms with Gasteiger partial charge in [-0.25, -0.2) is 0 Å². The molecule has 0 saturated carbocycles. The zero-order chi connectivity index (χ0) is 12.2. The number of hydrogen-bond acceptors (Lipinski definition) is 3. The third kappa shape index (κ3) is 3.72. The molecule has 16 heavy (non-hydrogen) atoms. The van der Waals surface area contributed by atoms with E-state index >= 15 is 0 Å². The van der Waals surface area contributed by atoms with Gasteiger partial charge in [0.05, 0.1) is 0 Å². The van der Waals surface area contributed by atoms with E-state index in [0.29, 0.717) is 11.5 Å². The minimum atomic E-state index is 0.322. The fraction of sp³-hybridized carbons (Fsp3) is 1.00. The van der Waals surface area contributed by atoms with Gasteiger partial charge in [-0.05, 0) is 46.3 Å². The largest absolute Gasteiger partial charge is 0.330 e. The van der Waals surface area contributed by atoms with Crippen molar-refractivity contribution in [3.05, 3.63) is 0 Å². The summed E-state index contributed by atoms with van der Waals surface area (Å²) < 4.78 is 0. The first kappa shape index (κ1) is 13.9. The van der Waals surface area contributed by atoms with E-state index in [4.69, 9.17) is 5.73 Å². The molecule has 0 bridgehead atoms. The highest BCUT2D eigenvalue weighted by molar-refractivity contribution is 4.88. The van der Waals surface area contributed by atoms with Crippen molar-refractivity contribution in [2.45, 2.75) is 39.2 Å². The smallest absolute Gasteiger partial charge is 0.0277 e. The Balaban J connectivity index is 2.34. The first-order valence-corrected chi connectivity index (χ1v) is 6.63. The summed E-state index contributed by atoms with van der Waals surface area (Å²) in [6.07, 6.45) is 2.47. The summed E-state index contributed by atoms with van der Waals surface area (Å²) in [5.74, 6) is 0.711. The molecule has 0 spiro atoms. The molecule has 0 radical (unpaired) electrons. The fourth-order valence-corrected chi connectivity index (χ4v) is 2.39. The molecule has 1 unspecified atom stereocenters. The number of rotatable bonds is 5. The lowest BCUT2D eigenvalue weighted by Crippen LogP contribution is -2.57. The number of likely N-dealkylation sites (N-methyl/N-ethyl adjacent to an activating group) is 1. The van der Waals surface area contributed by atoms with Gasteiger partial charge in [-0.3, -0.25) is 4.90 Å². The maximum Gasteiger partial charge on any atom is 0.0277 e. The predicted octanol–water partition coefficient (Wildman–Crippen LogP) is 1.39. The van der Waals surface area contributed by atoms with E-state index in [1.165, 1.54) is 39.0 Å². The van der Waals surface area contributed by atoms with E-state index in [0.717, 1.165) is 6.54 Å². The average Bonchev–Trinajstić information content (AvgIpc) is 2.24. The van der Waals surface area contributed by atoms with Crippen LogP contribution in [0.1, 0.15) is 33.6 Å². The van der Waals surface area contributed by atoms with Crippen LogP contribution in [-0.4, -0.2) is 55.1 Å². The molecule has 1 fully saturated rings. The van der Waals surface area contributed by atoms with Gasteiger partial charge in [-0.15, -0.1) is 0 Å². The summed E-state index contributed by atoms with van der Waals surface area (Å²) >= 11 is 0. The predicted molar refractivity (Wildman–Crippen MR) is 70.6 cm³/mol. The van der Waals surface area contributed by atoms with Crippen molar-refractivity contribution in [3.63, 3.8) is 0 Å². The molecule has 1 heterocycles. The highest BCUT2D eigenvalue weighted by Crippen LogP contribution is 2.19. The van der Waals surface area contributed by atoms with E-state index in [2.05, 4.69) is 37.6 Å². The van der Waals surface area contributed by atoms with Gasteiger partial charge in [0.15, 0.2) is 0 Å². The lowest BCUT2D eigenvalue weighted by molar-refractivity contribution is 0.0374. The van der Waals surface area contributed by atoms with Crippen LogP contribution >= 0.6 is 0 Å². The summed E-state index contributed by atoms with van der Waals surface area (Å²) in [5, 5.41) is 0. The molecule has 0 aromatic carbocycles. The van der Waals surface area contributed by atoms with Crippen LogP contribution in [0.4, 0.5) is 0 Å². The van der Waals surface area contributed by atoms with E-state index < -0.39 is 0 Å². The maximum absolute atomic E-state index is 5.75. The third-order valence-electron chi connectivity index (χ3n) is 4.16. The second kappa shape index (κ2) is 5.99. The van der Waals surface area contributed by atoms with Gasteiger partial charge < -0.3 is 10.6 Å². The second-order valence-corrected chi connectivity index (χ2v) is 5.81. The monoisotopic (exact) mass is 227 g/mol. The van der Waals surface area contributed by atoms with Crippen molar-refractivity contribution in [1.29, 1.82) is 0 Å². The molecule has 1 aliphatic heterocycles. The first-order valence-electron chi connectivity index (χ1n) is 6.63. The number of hydrogen-bond donors (Lipinski definition) is 1. The van der Waals surface area contributed by atoms with Crippen LogP contribution in [0.5, 0.6) is 0 Å². The molecule has 0 aliphatic carbocycles. The van der Waals surface area contributed by atoms with E-state index in [-0.39, 0.29) is 0 Å². The normalized spacial score (nSPS) is 24.6. The van der Waals surface area contributed by atoms with Gasteiger partial charge in [-0.1, -0.05) is 13.3 Å². The summed E-state index contributed by atoms with van der Waals surface area (Å²) in [4.78, 5) is 5.06. The fourth-order valence-electron chi connectivity index (χ4n) is 2.39. The standard InChI is InChI=1S/C13H29N3/c1-5-12(10-14)6-7-16-9-8-15(4)13(2,3)11-16/h12H,5-11,14H2,1-4H3. The molecule has 1 rings (SSSR count). The number of nitrogens with zero attached hydrogens (tertiary/aromatic N) is 2. The Morgan fingerprint density at radius 3 is 2.50 bits per heavy atom. The first-order chi connectivity index (χ1) is 7.49. The molecule has 0 amide bonds. The van der Waals surface area contributed by atoms with Crippen molar-refractivity contribution >= 4 is 0 Å². The minimum Gasteiger partial charge on any atom is -0.330 e. The van der Waals surface area contributed by atoms with Gasteiger partial charge in [0.25, 0.3) is 0 Å². The molecule has 3 nitrogen and oxygen atoms in total. The van der Waals surface area contributed by atoms with Crippen LogP contribution in [0.25, 0.3) is 0 Å². The lowest BCUT2D eigenvalue weighted by Gasteiger charge is -2.45. The quantitative estimate of drug-likeness (QED) is 0.770. The molecule has 0 aromatic rings. The molecular formula is C13H29N3. The maximum atomic E-state index is 5.75. The summed E-state index contributed by atoms with van der Waals surface area (Å²) in [6, 6.07) is 0. The van der Waals surface area contributed by atoms with Crippen LogP contribution in [0, 0.1) is 5.92 Å². The minimum absolute atomic E-state index is 0.322. The van der Waals surface area contributed by atoms with Gasteiger partial charge in [0.2, 0.25) is 0 Å². The lowest BCUT2D eigenvalue weighted by atomic mass is 9.98. The molecule has 96 valence electrons. The Morgan fingerprint density at radius 2 is 2.00 bits per heavy atom. The molecule has 3 heteroatoms. The van der Waals surface area contributed by atoms with Crippen LogP contribution in [0.15, 0.2) is 0 Å². The van der Waals surface area contributed by atoms with E-state index in [9.17, 15) is 0 Å². The zero-order valence-electron chi connectivity index (χ0n) is 11.5. The van der Waals surface area contributed by atoms with Crippen LogP contribution in [0.2, 0.25) is 0 Å². The molecule has 0 aromatic heterocycles. The van der Waals surface area contributed by atoms with Crippen molar-refractivity contribution in [3.8, 4) is 0 Å². The Bertz CT molecular complexity index is 199. The Labute approximate surface area is 101 Å². The highest BCUT2D eigenvalue weighted by atomic mass is 15.3. The van der Waals surface area contributed by atoms with Crippen molar-refractivity contribution in [2.24, 2.45) is 11.7 Å². The Morgan fingerprint density at radius 1 is 1.31 bits per heavy atom. The van der Waals surface area contributed by atoms with E-state index in [1.807, 2.05) is 0 Å².